The lowest BCUT2D eigenvalue weighted by Gasteiger charge is -2.31. The molecule has 6 nitrogen and oxygen atoms in total. The number of aryl methyl sites for hydroxylation is 2. The zero-order valence-electron chi connectivity index (χ0n) is 23.0. The second-order valence-electron chi connectivity index (χ2n) is 10.8. The number of aromatic nitrogens is 1. The highest BCUT2D eigenvalue weighted by molar-refractivity contribution is 5.92. The molecular weight excluding hydrogens is 486 g/mol. The summed E-state index contributed by atoms with van der Waals surface area (Å²) in [5.41, 5.74) is 5.28. The van der Waals surface area contributed by atoms with Crippen LogP contribution in [0.25, 0.3) is 10.9 Å². The maximum Gasteiger partial charge on any atom is 0.247 e. The molecule has 2 amide bonds. The van der Waals surface area contributed by atoms with E-state index in [4.69, 9.17) is 9.72 Å². The zero-order valence-corrected chi connectivity index (χ0v) is 23.0. The van der Waals surface area contributed by atoms with Crippen LogP contribution in [-0.2, 0) is 22.6 Å². The average molecular weight is 522 g/mol. The second kappa shape index (κ2) is 11.3. The lowest BCUT2D eigenvalue weighted by molar-refractivity contribution is -0.141. The van der Waals surface area contributed by atoms with E-state index in [-0.39, 0.29) is 24.8 Å². The molecule has 1 unspecified atom stereocenters. The third-order valence-electron chi connectivity index (χ3n) is 7.16. The van der Waals surface area contributed by atoms with Gasteiger partial charge in [-0.2, -0.15) is 0 Å². The van der Waals surface area contributed by atoms with E-state index in [1.807, 2.05) is 86.6 Å². The molecule has 0 saturated heterocycles. The smallest absolute Gasteiger partial charge is 0.247 e. The number of pyridine rings is 1. The van der Waals surface area contributed by atoms with Gasteiger partial charge in [0.05, 0.1) is 11.9 Å². The number of nitrogens with zero attached hydrogens (tertiary/aromatic N) is 2. The normalized spacial score (nSPS) is 15.2. The predicted molar refractivity (Wildman–Crippen MR) is 154 cm³/mol. The van der Waals surface area contributed by atoms with Crippen LogP contribution in [0.1, 0.15) is 54.1 Å². The Balaban J connectivity index is 1.69. The van der Waals surface area contributed by atoms with E-state index < -0.39 is 6.04 Å². The molecule has 1 atom stereocenters. The van der Waals surface area contributed by atoms with Gasteiger partial charge >= 0.3 is 0 Å². The van der Waals surface area contributed by atoms with Crippen LogP contribution in [0, 0.1) is 19.8 Å². The predicted octanol–water partition coefficient (Wildman–Crippen LogP) is 6.43. The number of para-hydroxylation sites is 1. The van der Waals surface area contributed by atoms with Crippen molar-refractivity contribution in [2.75, 3.05) is 6.54 Å². The number of hydrogen-bond acceptors (Lipinski definition) is 4. The highest BCUT2D eigenvalue weighted by atomic mass is 16.5. The van der Waals surface area contributed by atoms with Gasteiger partial charge in [-0.1, -0.05) is 74.0 Å². The minimum atomic E-state index is -0.909. The standard InChI is InChI=1S/C33H35N3O3/c1-21(2)15-16-34-32(38)31-27-18-25-14-11-23(4)17-28(25)35-33(27)39-29-8-6-5-7-26(29)19-30(37)36(31)20-24-12-9-22(3)10-13-24/h5-14,17-18,21,31H,15-16,19-20H2,1-4H3,(H,34,38). The summed E-state index contributed by atoms with van der Waals surface area (Å²) in [4.78, 5) is 34.6. The molecule has 200 valence electrons. The Hall–Kier alpha value is -4.19. The lowest BCUT2D eigenvalue weighted by Crippen LogP contribution is -2.44. The fourth-order valence-electron chi connectivity index (χ4n) is 4.92. The first kappa shape index (κ1) is 26.4. The number of fused-ring (bicyclic) bond motifs is 3. The average Bonchev–Trinajstić information content (AvgIpc) is 2.94. The Morgan fingerprint density at radius 2 is 1.77 bits per heavy atom. The van der Waals surface area contributed by atoms with Gasteiger partial charge in [-0.15, -0.1) is 0 Å². The Morgan fingerprint density at radius 1 is 1.03 bits per heavy atom. The maximum absolute atomic E-state index is 14.0. The molecule has 0 bridgehead atoms. The highest BCUT2D eigenvalue weighted by Gasteiger charge is 2.36. The van der Waals surface area contributed by atoms with Gasteiger partial charge < -0.3 is 15.0 Å². The number of rotatable bonds is 6. The molecule has 1 aliphatic heterocycles. The molecule has 39 heavy (non-hydrogen) atoms. The first-order valence-corrected chi connectivity index (χ1v) is 13.6. The van der Waals surface area contributed by atoms with Crippen LogP contribution in [0.4, 0.5) is 0 Å². The van der Waals surface area contributed by atoms with Crippen LogP contribution in [0.3, 0.4) is 0 Å². The van der Waals surface area contributed by atoms with Crippen LogP contribution in [0.5, 0.6) is 11.6 Å². The number of ether oxygens (including phenoxy) is 1. The van der Waals surface area contributed by atoms with E-state index in [1.54, 1.807) is 4.90 Å². The van der Waals surface area contributed by atoms with Gasteiger partial charge in [-0.05, 0) is 55.5 Å². The third-order valence-corrected chi connectivity index (χ3v) is 7.16. The second-order valence-corrected chi connectivity index (χ2v) is 10.8. The molecule has 0 spiro atoms. The minimum absolute atomic E-state index is 0.116. The molecule has 1 N–H and O–H groups in total. The van der Waals surface area contributed by atoms with Crippen molar-refractivity contribution in [1.82, 2.24) is 15.2 Å². The van der Waals surface area contributed by atoms with Crippen LogP contribution < -0.4 is 10.1 Å². The van der Waals surface area contributed by atoms with E-state index in [9.17, 15) is 9.59 Å². The van der Waals surface area contributed by atoms with Gasteiger partial charge in [0, 0.05) is 29.6 Å². The Labute approximate surface area is 230 Å². The number of carbonyl (C=O) groups is 2. The van der Waals surface area contributed by atoms with Crippen molar-refractivity contribution in [2.45, 2.75) is 53.1 Å². The van der Waals surface area contributed by atoms with E-state index in [2.05, 4.69) is 19.2 Å². The number of hydrogen-bond donors (Lipinski definition) is 1. The SMILES string of the molecule is Cc1ccc(CN2C(=O)Cc3ccccc3Oc3nc4cc(C)ccc4cc3C2C(=O)NCCC(C)C)cc1. The van der Waals surface area contributed by atoms with E-state index >= 15 is 0 Å². The summed E-state index contributed by atoms with van der Waals surface area (Å²) in [7, 11) is 0. The summed E-state index contributed by atoms with van der Waals surface area (Å²) >= 11 is 0. The lowest BCUT2D eigenvalue weighted by atomic mass is 10.00. The highest BCUT2D eigenvalue weighted by Crippen LogP contribution is 2.38. The fraction of sp³-hybridized carbons (Fsp3) is 0.303. The Bertz CT molecular complexity index is 1510. The van der Waals surface area contributed by atoms with Gasteiger partial charge in [0.25, 0.3) is 0 Å². The number of carbonyl (C=O) groups excluding carboxylic acids is 2. The van der Waals surface area contributed by atoms with Gasteiger partial charge in [0.15, 0.2) is 0 Å². The first-order valence-electron chi connectivity index (χ1n) is 13.6. The molecule has 1 aromatic heterocycles. The van der Waals surface area contributed by atoms with Crippen molar-refractivity contribution in [3.05, 3.63) is 101 Å². The summed E-state index contributed by atoms with van der Waals surface area (Å²) in [5, 5.41) is 3.99. The van der Waals surface area contributed by atoms with Crippen LogP contribution >= 0.6 is 0 Å². The summed E-state index contributed by atoms with van der Waals surface area (Å²) in [6.45, 7) is 9.11. The summed E-state index contributed by atoms with van der Waals surface area (Å²) in [5.74, 6) is 0.971. The first-order chi connectivity index (χ1) is 18.8. The van der Waals surface area contributed by atoms with Gasteiger partial charge in [-0.3, -0.25) is 9.59 Å². The molecule has 4 aromatic rings. The van der Waals surface area contributed by atoms with Crippen molar-refractivity contribution >= 4 is 22.7 Å². The molecule has 0 radical (unpaired) electrons. The topological polar surface area (TPSA) is 71.5 Å². The summed E-state index contributed by atoms with van der Waals surface area (Å²) in [6, 6.07) is 22.7. The van der Waals surface area contributed by atoms with Crippen LogP contribution in [0.2, 0.25) is 0 Å². The molecule has 0 fully saturated rings. The molecule has 2 heterocycles. The van der Waals surface area contributed by atoms with E-state index in [1.165, 1.54) is 0 Å². The number of nitrogens with one attached hydrogen (secondary N) is 1. The van der Waals surface area contributed by atoms with Crippen molar-refractivity contribution in [1.29, 1.82) is 0 Å². The number of amides is 2. The van der Waals surface area contributed by atoms with E-state index in [0.717, 1.165) is 39.6 Å². The van der Waals surface area contributed by atoms with Crippen LogP contribution in [0.15, 0.2) is 72.8 Å². The minimum Gasteiger partial charge on any atom is -0.438 e. The van der Waals surface area contributed by atoms with Crippen LogP contribution in [-0.4, -0.2) is 28.2 Å². The fourth-order valence-corrected chi connectivity index (χ4v) is 4.92. The zero-order chi connectivity index (χ0) is 27.5. The molecule has 6 heteroatoms. The monoisotopic (exact) mass is 521 g/mol. The molecule has 1 aliphatic rings. The van der Waals surface area contributed by atoms with Gasteiger partial charge in [-0.25, -0.2) is 4.98 Å². The molecule has 3 aromatic carbocycles. The molecule has 0 aliphatic carbocycles. The van der Waals surface area contributed by atoms with Crippen molar-refractivity contribution < 1.29 is 14.3 Å². The number of benzene rings is 3. The third kappa shape index (κ3) is 5.95. The largest absolute Gasteiger partial charge is 0.438 e. The summed E-state index contributed by atoms with van der Waals surface area (Å²) in [6.07, 6.45) is 0.957. The molecular formula is C33H35N3O3. The van der Waals surface area contributed by atoms with Crippen molar-refractivity contribution in [3.8, 4) is 11.6 Å². The molecule has 5 rings (SSSR count). The maximum atomic E-state index is 14.0. The quantitative estimate of drug-likeness (QED) is 0.317. The van der Waals surface area contributed by atoms with Crippen molar-refractivity contribution in [3.63, 3.8) is 0 Å². The Morgan fingerprint density at radius 3 is 2.54 bits per heavy atom. The van der Waals surface area contributed by atoms with Gasteiger partial charge in [0.2, 0.25) is 17.7 Å². The van der Waals surface area contributed by atoms with Gasteiger partial charge in [0.1, 0.15) is 11.8 Å². The van der Waals surface area contributed by atoms with E-state index in [0.29, 0.717) is 29.7 Å². The Kier molecular flexibility index (Phi) is 7.64. The van der Waals surface area contributed by atoms with Crippen molar-refractivity contribution in [2.24, 2.45) is 5.92 Å². The molecule has 0 saturated carbocycles. The summed E-state index contributed by atoms with van der Waals surface area (Å²) < 4.78 is 6.43.